The van der Waals surface area contributed by atoms with Gasteiger partial charge in [0, 0.05) is 0 Å². The van der Waals surface area contributed by atoms with Gasteiger partial charge in [-0.05, 0) is 24.6 Å². The van der Waals surface area contributed by atoms with Crippen LogP contribution in [0.1, 0.15) is 23.7 Å². The Labute approximate surface area is 120 Å². The molecule has 2 aromatic rings. The summed E-state index contributed by atoms with van der Waals surface area (Å²) >= 11 is 0. The van der Waals surface area contributed by atoms with E-state index in [-0.39, 0.29) is 17.7 Å². The standard InChI is InChI=1S/C14H15NO6/c1-3-6-20-12(16)8-15-10-5-4-9(13(17)19-2)7-11(10)21-14(15)18/h4-5,7H,3,6,8H2,1-2H3. The van der Waals surface area contributed by atoms with Crippen molar-refractivity contribution in [3.05, 3.63) is 34.3 Å². The van der Waals surface area contributed by atoms with Crippen molar-refractivity contribution in [1.29, 1.82) is 0 Å². The van der Waals surface area contributed by atoms with E-state index in [0.717, 1.165) is 4.57 Å². The lowest BCUT2D eigenvalue weighted by atomic mass is 10.2. The zero-order valence-electron chi connectivity index (χ0n) is 11.8. The molecule has 0 saturated carbocycles. The van der Waals surface area contributed by atoms with E-state index in [2.05, 4.69) is 4.74 Å². The molecule has 7 nitrogen and oxygen atoms in total. The Hall–Kier alpha value is -2.57. The quantitative estimate of drug-likeness (QED) is 0.773. The minimum absolute atomic E-state index is 0.214. The zero-order chi connectivity index (χ0) is 15.4. The van der Waals surface area contributed by atoms with E-state index in [1.165, 1.54) is 25.3 Å². The van der Waals surface area contributed by atoms with Crippen LogP contribution in [0.3, 0.4) is 0 Å². The summed E-state index contributed by atoms with van der Waals surface area (Å²) in [7, 11) is 1.26. The summed E-state index contributed by atoms with van der Waals surface area (Å²) in [5.74, 6) is -1.73. The summed E-state index contributed by atoms with van der Waals surface area (Å²) in [6.45, 7) is 1.94. The van der Waals surface area contributed by atoms with Gasteiger partial charge in [0.15, 0.2) is 5.58 Å². The predicted molar refractivity (Wildman–Crippen MR) is 73.1 cm³/mol. The van der Waals surface area contributed by atoms with Crippen molar-refractivity contribution in [2.45, 2.75) is 19.9 Å². The van der Waals surface area contributed by atoms with E-state index in [1.807, 2.05) is 6.92 Å². The maximum Gasteiger partial charge on any atom is 0.420 e. The lowest BCUT2D eigenvalue weighted by Gasteiger charge is -2.03. The highest BCUT2D eigenvalue weighted by atomic mass is 16.5. The van der Waals surface area contributed by atoms with Gasteiger partial charge in [-0.25, -0.2) is 9.59 Å². The largest absolute Gasteiger partial charge is 0.465 e. The van der Waals surface area contributed by atoms with Gasteiger partial charge in [-0.3, -0.25) is 9.36 Å². The first-order valence-corrected chi connectivity index (χ1v) is 6.44. The second-order valence-corrected chi connectivity index (χ2v) is 4.35. The third kappa shape index (κ3) is 3.13. The minimum Gasteiger partial charge on any atom is -0.465 e. The minimum atomic E-state index is -0.680. The van der Waals surface area contributed by atoms with Crippen LogP contribution in [0.2, 0.25) is 0 Å². The Kier molecular flexibility index (Phi) is 4.42. The average Bonchev–Trinajstić information content (AvgIpc) is 2.79. The van der Waals surface area contributed by atoms with Crippen molar-refractivity contribution in [3.8, 4) is 0 Å². The smallest absolute Gasteiger partial charge is 0.420 e. The molecular formula is C14H15NO6. The van der Waals surface area contributed by atoms with Crippen molar-refractivity contribution in [1.82, 2.24) is 4.57 Å². The second-order valence-electron chi connectivity index (χ2n) is 4.35. The molecule has 7 heteroatoms. The molecule has 0 bridgehead atoms. The number of hydrogen-bond acceptors (Lipinski definition) is 6. The first kappa shape index (κ1) is 14.8. The van der Waals surface area contributed by atoms with E-state index in [4.69, 9.17) is 9.15 Å². The first-order valence-electron chi connectivity index (χ1n) is 6.44. The number of hydrogen-bond donors (Lipinski definition) is 0. The van der Waals surface area contributed by atoms with Crippen LogP contribution in [0.4, 0.5) is 0 Å². The molecule has 0 aliphatic rings. The van der Waals surface area contributed by atoms with Gasteiger partial charge >= 0.3 is 17.7 Å². The summed E-state index contributed by atoms with van der Waals surface area (Å²) in [4.78, 5) is 34.8. The third-order valence-corrected chi connectivity index (χ3v) is 2.84. The topological polar surface area (TPSA) is 87.7 Å². The first-order chi connectivity index (χ1) is 10.1. The Morgan fingerprint density at radius 3 is 2.76 bits per heavy atom. The SMILES string of the molecule is CCCOC(=O)Cn1c(=O)oc2cc(C(=O)OC)ccc21. The van der Waals surface area contributed by atoms with Gasteiger partial charge in [0.05, 0.1) is 24.8 Å². The molecule has 0 fully saturated rings. The Morgan fingerprint density at radius 2 is 2.10 bits per heavy atom. The van der Waals surface area contributed by atoms with Gasteiger partial charge in [-0.2, -0.15) is 0 Å². The maximum absolute atomic E-state index is 11.8. The molecule has 0 N–H and O–H groups in total. The molecule has 112 valence electrons. The van der Waals surface area contributed by atoms with Crippen LogP contribution in [0.5, 0.6) is 0 Å². The molecule has 0 saturated heterocycles. The fraction of sp³-hybridized carbons (Fsp3) is 0.357. The lowest BCUT2D eigenvalue weighted by molar-refractivity contribution is -0.144. The number of rotatable bonds is 5. The zero-order valence-corrected chi connectivity index (χ0v) is 11.8. The molecule has 0 unspecified atom stereocenters. The van der Waals surface area contributed by atoms with Gasteiger partial charge in [0.1, 0.15) is 6.54 Å². The molecule has 1 aromatic heterocycles. The van der Waals surface area contributed by atoms with Gasteiger partial charge in [-0.1, -0.05) is 6.92 Å². The van der Waals surface area contributed by atoms with Crippen LogP contribution in [0.15, 0.2) is 27.4 Å². The van der Waals surface area contributed by atoms with Gasteiger partial charge in [0.2, 0.25) is 0 Å². The molecule has 0 aliphatic carbocycles. The van der Waals surface area contributed by atoms with Crippen LogP contribution >= 0.6 is 0 Å². The highest BCUT2D eigenvalue weighted by Crippen LogP contribution is 2.16. The number of aromatic nitrogens is 1. The third-order valence-electron chi connectivity index (χ3n) is 2.84. The van der Waals surface area contributed by atoms with Gasteiger partial charge < -0.3 is 13.9 Å². The number of esters is 2. The van der Waals surface area contributed by atoms with Crippen molar-refractivity contribution in [3.63, 3.8) is 0 Å². The van der Waals surface area contributed by atoms with Crippen molar-refractivity contribution in [2.75, 3.05) is 13.7 Å². The second kappa shape index (κ2) is 6.25. The highest BCUT2D eigenvalue weighted by molar-refractivity contribution is 5.93. The van der Waals surface area contributed by atoms with Gasteiger partial charge in [-0.15, -0.1) is 0 Å². The molecule has 1 heterocycles. The van der Waals surface area contributed by atoms with Crippen LogP contribution in [0.25, 0.3) is 11.1 Å². The van der Waals surface area contributed by atoms with E-state index in [9.17, 15) is 14.4 Å². The highest BCUT2D eigenvalue weighted by Gasteiger charge is 2.15. The van der Waals surface area contributed by atoms with Crippen molar-refractivity contribution in [2.24, 2.45) is 0 Å². The summed E-state index contributed by atoms with van der Waals surface area (Å²) in [6.07, 6.45) is 0.704. The number of fused-ring (bicyclic) bond motifs is 1. The predicted octanol–water partition coefficient (Wildman–Crippen LogP) is 1.33. The molecule has 0 aliphatic heterocycles. The Bertz CT molecular complexity index is 727. The average molecular weight is 293 g/mol. The Morgan fingerprint density at radius 1 is 1.33 bits per heavy atom. The lowest BCUT2D eigenvalue weighted by Crippen LogP contribution is -2.21. The van der Waals surface area contributed by atoms with E-state index in [0.29, 0.717) is 18.5 Å². The summed E-state index contributed by atoms with van der Waals surface area (Å²) < 4.78 is 15.7. The molecule has 21 heavy (non-hydrogen) atoms. The normalized spacial score (nSPS) is 10.6. The molecule has 0 amide bonds. The molecule has 0 atom stereocenters. The van der Waals surface area contributed by atoms with Crippen LogP contribution in [-0.4, -0.2) is 30.2 Å². The number of benzene rings is 1. The summed E-state index contributed by atoms with van der Waals surface area (Å²) in [5, 5.41) is 0. The van der Waals surface area contributed by atoms with E-state index >= 15 is 0 Å². The number of carbonyl (C=O) groups excluding carboxylic acids is 2. The molecule has 0 radical (unpaired) electrons. The monoisotopic (exact) mass is 293 g/mol. The number of oxazole rings is 1. The Balaban J connectivity index is 2.33. The number of nitrogens with zero attached hydrogens (tertiary/aromatic N) is 1. The number of carbonyl (C=O) groups is 2. The molecule has 2 rings (SSSR count). The number of methoxy groups -OCH3 is 1. The van der Waals surface area contributed by atoms with Crippen LogP contribution in [-0.2, 0) is 20.8 Å². The molecular weight excluding hydrogens is 278 g/mol. The van der Waals surface area contributed by atoms with E-state index < -0.39 is 17.7 Å². The summed E-state index contributed by atoms with van der Waals surface area (Å²) in [6, 6.07) is 4.42. The molecule has 0 spiro atoms. The van der Waals surface area contributed by atoms with Crippen LogP contribution < -0.4 is 5.76 Å². The van der Waals surface area contributed by atoms with E-state index in [1.54, 1.807) is 0 Å². The van der Waals surface area contributed by atoms with Crippen LogP contribution in [0, 0.1) is 0 Å². The maximum atomic E-state index is 11.8. The fourth-order valence-electron chi connectivity index (χ4n) is 1.85. The fourth-order valence-corrected chi connectivity index (χ4v) is 1.85. The molecule has 1 aromatic carbocycles. The van der Waals surface area contributed by atoms with Gasteiger partial charge in [0.25, 0.3) is 0 Å². The van der Waals surface area contributed by atoms with Crippen molar-refractivity contribution >= 4 is 23.0 Å². The summed E-state index contributed by atoms with van der Waals surface area (Å²) in [5.41, 5.74) is 0.895. The number of ether oxygens (including phenoxy) is 2. The van der Waals surface area contributed by atoms with Crippen molar-refractivity contribution < 1.29 is 23.5 Å².